The Morgan fingerprint density at radius 2 is 2.00 bits per heavy atom. The minimum absolute atomic E-state index is 0.0381. The Morgan fingerprint density at radius 1 is 1.26 bits per heavy atom. The molecule has 0 radical (unpaired) electrons. The third kappa shape index (κ3) is 4.06. The number of nitrogens with one attached hydrogen (secondary N) is 1. The molecule has 2 rings (SSSR count). The van der Waals surface area contributed by atoms with Gasteiger partial charge in [0.2, 0.25) is 0 Å². The highest BCUT2D eigenvalue weighted by Gasteiger charge is 2.04. The maximum Gasteiger partial charge on any atom is 0.258 e. The predicted octanol–water partition coefficient (Wildman–Crippen LogP) is 1.87. The van der Waals surface area contributed by atoms with Crippen LogP contribution in [0.1, 0.15) is 11.5 Å². The van der Waals surface area contributed by atoms with Crippen LogP contribution in [-0.2, 0) is 11.3 Å². The summed E-state index contributed by atoms with van der Waals surface area (Å²) in [7, 11) is 0. The number of amides is 1. The van der Waals surface area contributed by atoms with Gasteiger partial charge >= 0.3 is 0 Å². The van der Waals surface area contributed by atoms with Gasteiger partial charge < -0.3 is 20.2 Å². The maximum absolute atomic E-state index is 11.6. The zero-order valence-electron chi connectivity index (χ0n) is 10.7. The van der Waals surface area contributed by atoms with Gasteiger partial charge in [-0.1, -0.05) is 0 Å². The number of carbonyl (C=O) groups excluding carboxylic acids is 1. The van der Waals surface area contributed by atoms with E-state index in [4.69, 9.17) is 14.9 Å². The number of rotatable bonds is 5. The van der Waals surface area contributed by atoms with E-state index in [1.807, 2.05) is 19.1 Å². The lowest BCUT2D eigenvalue weighted by Crippen LogP contribution is -2.28. The van der Waals surface area contributed by atoms with Crippen LogP contribution < -0.4 is 15.8 Å². The van der Waals surface area contributed by atoms with Crippen LogP contribution in [0.5, 0.6) is 5.75 Å². The average molecular weight is 260 g/mol. The van der Waals surface area contributed by atoms with Crippen LogP contribution in [0.3, 0.4) is 0 Å². The normalized spacial score (nSPS) is 10.2. The van der Waals surface area contributed by atoms with E-state index in [1.54, 1.807) is 24.3 Å². The van der Waals surface area contributed by atoms with Crippen molar-refractivity contribution in [2.75, 3.05) is 12.3 Å². The molecule has 0 atom stereocenters. The first-order valence-corrected chi connectivity index (χ1v) is 5.94. The number of nitrogen functional groups attached to an aromatic ring is 1. The van der Waals surface area contributed by atoms with Crippen molar-refractivity contribution in [2.45, 2.75) is 13.5 Å². The minimum Gasteiger partial charge on any atom is -0.484 e. The summed E-state index contributed by atoms with van der Waals surface area (Å²) in [4.78, 5) is 11.6. The monoisotopic (exact) mass is 260 g/mol. The fourth-order valence-corrected chi connectivity index (χ4v) is 1.53. The molecule has 0 fully saturated rings. The van der Waals surface area contributed by atoms with Gasteiger partial charge in [-0.3, -0.25) is 4.79 Å². The molecule has 3 N–H and O–H groups in total. The Labute approximate surface area is 111 Å². The second kappa shape index (κ2) is 5.95. The Balaban J connectivity index is 1.74. The summed E-state index contributed by atoms with van der Waals surface area (Å²) in [6.07, 6.45) is 0. The molecular formula is C14H16N2O3. The van der Waals surface area contributed by atoms with Gasteiger partial charge in [0, 0.05) is 5.69 Å². The number of ether oxygens (including phenoxy) is 1. The Bertz CT molecular complexity index is 546. The molecule has 0 unspecified atom stereocenters. The van der Waals surface area contributed by atoms with Crippen molar-refractivity contribution in [1.82, 2.24) is 5.32 Å². The Kier molecular flexibility index (Phi) is 4.07. The number of carbonyl (C=O) groups is 1. The summed E-state index contributed by atoms with van der Waals surface area (Å²) in [5.41, 5.74) is 6.21. The predicted molar refractivity (Wildman–Crippen MR) is 71.6 cm³/mol. The molecule has 0 aliphatic rings. The van der Waals surface area contributed by atoms with Crippen molar-refractivity contribution in [2.24, 2.45) is 0 Å². The smallest absolute Gasteiger partial charge is 0.258 e. The minimum atomic E-state index is -0.203. The molecule has 1 aromatic carbocycles. The summed E-state index contributed by atoms with van der Waals surface area (Å²) in [6.45, 7) is 2.18. The average Bonchev–Trinajstić information content (AvgIpc) is 2.81. The standard InChI is InChI=1S/C14H16N2O3/c1-10-2-5-13(19-10)8-16-14(17)9-18-12-6-3-11(15)4-7-12/h2-7H,8-9,15H2,1H3,(H,16,17). The third-order valence-corrected chi connectivity index (χ3v) is 2.51. The zero-order chi connectivity index (χ0) is 13.7. The molecule has 100 valence electrons. The largest absolute Gasteiger partial charge is 0.484 e. The zero-order valence-corrected chi connectivity index (χ0v) is 10.7. The van der Waals surface area contributed by atoms with Gasteiger partial charge in [-0.05, 0) is 43.3 Å². The summed E-state index contributed by atoms with van der Waals surface area (Å²) in [5, 5.41) is 2.71. The SMILES string of the molecule is Cc1ccc(CNC(=O)COc2ccc(N)cc2)o1. The van der Waals surface area contributed by atoms with Crippen LogP contribution in [0, 0.1) is 6.92 Å². The van der Waals surface area contributed by atoms with Crippen molar-refractivity contribution in [3.8, 4) is 5.75 Å². The van der Waals surface area contributed by atoms with Crippen LogP contribution in [0.4, 0.5) is 5.69 Å². The third-order valence-electron chi connectivity index (χ3n) is 2.51. The van der Waals surface area contributed by atoms with E-state index in [-0.39, 0.29) is 12.5 Å². The molecule has 1 aromatic heterocycles. The quantitative estimate of drug-likeness (QED) is 0.804. The van der Waals surface area contributed by atoms with Gasteiger partial charge in [0.25, 0.3) is 5.91 Å². The molecule has 0 bridgehead atoms. The van der Waals surface area contributed by atoms with Crippen LogP contribution in [-0.4, -0.2) is 12.5 Å². The van der Waals surface area contributed by atoms with Gasteiger partial charge in [0.1, 0.15) is 17.3 Å². The number of furan rings is 1. The van der Waals surface area contributed by atoms with Gasteiger partial charge in [0.05, 0.1) is 6.54 Å². The lowest BCUT2D eigenvalue weighted by molar-refractivity contribution is -0.123. The molecule has 0 spiro atoms. The Hall–Kier alpha value is -2.43. The number of aryl methyl sites for hydroxylation is 1. The van der Waals surface area contributed by atoms with Crippen LogP contribution in [0.15, 0.2) is 40.8 Å². The molecular weight excluding hydrogens is 244 g/mol. The topological polar surface area (TPSA) is 77.5 Å². The molecule has 0 aliphatic carbocycles. The van der Waals surface area contributed by atoms with Gasteiger partial charge in [0.15, 0.2) is 6.61 Å². The van der Waals surface area contributed by atoms with Crippen molar-refractivity contribution in [3.63, 3.8) is 0 Å². The molecule has 0 saturated carbocycles. The van der Waals surface area contributed by atoms with E-state index in [0.717, 1.165) is 11.5 Å². The molecule has 1 amide bonds. The number of anilines is 1. The van der Waals surface area contributed by atoms with E-state index in [2.05, 4.69) is 5.32 Å². The van der Waals surface area contributed by atoms with Crippen molar-refractivity contribution in [3.05, 3.63) is 47.9 Å². The highest BCUT2D eigenvalue weighted by molar-refractivity contribution is 5.77. The summed E-state index contributed by atoms with van der Waals surface area (Å²) < 4.78 is 10.7. The lowest BCUT2D eigenvalue weighted by Gasteiger charge is -2.06. The number of hydrogen-bond acceptors (Lipinski definition) is 4. The number of hydrogen-bond donors (Lipinski definition) is 2. The maximum atomic E-state index is 11.6. The second-order valence-electron chi connectivity index (χ2n) is 4.15. The summed E-state index contributed by atoms with van der Waals surface area (Å²) >= 11 is 0. The fraction of sp³-hybridized carbons (Fsp3) is 0.214. The first-order valence-electron chi connectivity index (χ1n) is 5.94. The van der Waals surface area contributed by atoms with E-state index in [9.17, 15) is 4.79 Å². The second-order valence-corrected chi connectivity index (χ2v) is 4.15. The number of benzene rings is 1. The first-order chi connectivity index (χ1) is 9.13. The van der Waals surface area contributed by atoms with Crippen LogP contribution in [0.25, 0.3) is 0 Å². The molecule has 5 nitrogen and oxygen atoms in total. The van der Waals surface area contributed by atoms with Crippen molar-refractivity contribution < 1.29 is 13.9 Å². The van der Waals surface area contributed by atoms with Gasteiger partial charge in [-0.15, -0.1) is 0 Å². The highest BCUT2D eigenvalue weighted by atomic mass is 16.5. The van der Waals surface area contributed by atoms with E-state index >= 15 is 0 Å². The van der Waals surface area contributed by atoms with E-state index < -0.39 is 0 Å². The van der Waals surface area contributed by atoms with E-state index in [0.29, 0.717) is 18.0 Å². The lowest BCUT2D eigenvalue weighted by atomic mass is 10.3. The molecule has 5 heteroatoms. The van der Waals surface area contributed by atoms with Crippen molar-refractivity contribution in [1.29, 1.82) is 0 Å². The summed E-state index contributed by atoms with van der Waals surface area (Å²) in [5.74, 6) is 1.95. The van der Waals surface area contributed by atoms with Crippen LogP contribution >= 0.6 is 0 Å². The fourth-order valence-electron chi connectivity index (χ4n) is 1.53. The molecule has 19 heavy (non-hydrogen) atoms. The van der Waals surface area contributed by atoms with Gasteiger partial charge in [-0.25, -0.2) is 0 Å². The van der Waals surface area contributed by atoms with E-state index in [1.165, 1.54) is 0 Å². The Morgan fingerprint density at radius 3 is 2.63 bits per heavy atom. The molecule has 1 heterocycles. The summed E-state index contributed by atoms with van der Waals surface area (Å²) in [6, 6.07) is 10.6. The van der Waals surface area contributed by atoms with Crippen molar-refractivity contribution >= 4 is 11.6 Å². The van der Waals surface area contributed by atoms with Gasteiger partial charge in [-0.2, -0.15) is 0 Å². The first kappa shape index (κ1) is 13.0. The number of nitrogens with two attached hydrogens (primary N) is 1. The molecule has 0 saturated heterocycles. The van der Waals surface area contributed by atoms with Crippen LogP contribution in [0.2, 0.25) is 0 Å². The molecule has 0 aliphatic heterocycles. The molecule has 2 aromatic rings. The highest BCUT2D eigenvalue weighted by Crippen LogP contribution is 2.12.